The molecular weight excluding hydrogens is 394 g/mol. The molecule has 0 unspecified atom stereocenters. The lowest BCUT2D eigenvalue weighted by Crippen LogP contribution is -2.25. The Kier molecular flexibility index (Phi) is 5.70. The summed E-state index contributed by atoms with van der Waals surface area (Å²) < 4.78 is 76.7. The molecule has 0 bridgehead atoms. The second-order valence-electron chi connectivity index (χ2n) is 5.12. The molecule has 2 aromatic rings. The fourth-order valence-electron chi connectivity index (χ4n) is 2.01. The molecule has 0 fully saturated rings. The molecule has 1 aromatic carbocycles. The average molecular weight is 407 g/mol. The number of pyridine rings is 1. The van der Waals surface area contributed by atoms with Gasteiger partial charge in [-0.1, -0.05) is 0 Å². The van der Waals surface area contributed by atoms with Crippen LogP contribution in [0, 0.1) is 5.82 Å². The number of alkyl halides is 3. The summed E-state index contributed by atoms with van der Waals surface area (Å²) in [5.74, 6) is -2.42. The first-order chi connectivity index (χ1) is 12.5. The van der Waals surface area contributed by atoms with Crippen molar-refractivity contribution in [3.63, 3.8) is 0 Å². The van der Waals surface area contributed by atoms with Gasteiger partial charge >= 0.3 is 6.18 Å². The second kappa shape index (κ2) is 7.48. The van der Waals surface area contributed by atoms with Crippen molar-refractivity contribution in [3.8, 4) is 0 Å². The summed E-state index contributed by atoms with van der Waals surface area (Å²) in [6.07, 6.45) is -4.09. The molecule has 1 aromatic heterocycles. The molecule has 0 aliphatic carbocycles. The van der Waals surface area contributed by atoms with Gasteiger partial charge in [0.05, 0.1) is 22.8 Å². The molecule has 7 nitrogen and oxygen atoms in total. The third-order valence-electron chi connectivity index (χ3n) is 3.28. The SMILES string of the molecule is CCONC(=O)c1ncc(S(=O)(=O)c2ccc(C(F)(F)F)cc2F)cc1N. The smallest absolute Gasteiger partial charge is 0.397 e. The summed E-state index contributed by atoms with van der Waals surface area (Å²) in [5, 5.41) is 0. The first-order valence-corrected chi connectivity index (χ1v) is 8.76. The number of halogens is 4. The van der Waals surface area contributed by atoms with Crippen LogP contribution in [0.5, 0.6) is 0 Å². The lowest BCUT2D eigenvalue weighted by atomic mass is 10.2. The van der Waals surface area contributed by atoms with Gasteiger partial charge in [0, 0.05) is 6.20 Å². The van der Waals surface area contributed by atoms with Crippen molar-refractivity contribution in [2.24, 2.45) is 0 Å². The van der Waals surface area contributed by atoms with Crippen molar-refractivity contribution in [2.45, 2.75) is 22.9 Å². The van der Waals surface area contributed by atoms with Gasteiger partial charge in [-0.2, -0.15) is 13.2 Å². The van der Waals surface area contributed by atoms with E-state index in [2.05, 4.69) is 9.82 Å². The van der Waals surface area contributed by atoms with Crippen molar-refractivity contribution < 1.29 is 35.6 Å². The molecule has 0 spiro atoms. The van der Waals surface area contributed by atoms with Gasteiger partial charge in [-0.05, 0) is 31.2 Å². The molecule has 0 saturated carbocycles. The van der Waals surface area contributed by atoms with E-state index in [1.807, 2.05) is 5.48 Å². The van der Waals surface area contributed by atoms with Gasteiger partial charge in [-0.15, -0.1) is 0 Å². The quantitative estimate of drug-likeness (QED) is 0.581. The van der Waals surface area contributed by atoms with Crippen molar-refractivity contribution in [1.82, 2.24) is 10.5 Å². The fraction of sp³-hybridized carbons (Fsp3) is 0.200. The van der Waals surface area contributed by atoms with Crippen LogP contribution in [0.25, 0.3) is 0 Å². The molecule has 1 heterocycles. The summed E-state index contributed by atoms with van der Waals surface area (Å²) >= 11 is 0. The van der Waals surface area contributed by atoms with Crippen molar-refractivity contribution in [3.05, 3.63) is 47.5 Å². The Morgan fingerprint density at radius 2 is 1.96 bits per heavy atom. The third-order valence-corrected chi connectivity index (χ3v) is 5.03. The summed E-state index contributed by atoms with van der Waals surface area (Å²) in [6, 6.07) is 1.86. The maximum absolute atomic E-state index is 14.0. The van der Waals surface area contributed by atoms with Crippen LogP contribution in [0.2, 0.25) is 0 Å². The molecule has 2 rings (SSSR count). The van der Waals surface area contributed by atoms with E-state index < -0.39 is 43.1 Å². The summed E-state index contributed by atoms with van der Waals surface area (Å²) in [7, 11) is -4.56. The minimum absolute atomic E-state index is 0.0770. The highest BCUT2D eigenvalue weighted by Crippen LogP contribution is 2.32. The van der Waals surface area contributed by atoms with Crippen LogP contribution in [0.4, 0.5) is 23.2 Å². The van der Waals surface area contributed by atoms with E-state index in [-0.39, 0.29) is 24.1 Å². The van der Waals surface area contributed by atoms with Crippen molar-refractivity contribution in [2.75, 3.05) is 12.3 Å². The number of rotatable bonds is 5. The molecule has 12 heteroatoms. The Labute approximate surface area is 151 Å². The Morgan fingerprint density at radius 3 is 2.48 bits per heavy atom. The fourth-order valence-corrected chi connectivity index (χ4v) is 3.30. The zero-order valence-corrected chi connectivity index (χ0v) is 14.5. The van der Waals surface area contributed by atoms with Gasteiger partial charge in [-0.3, -0.25) is 9.63 Å². The molecule has 27 heavy (non-hydrogen) atoms. The van der Waals surface area contributed by atoms with Gasteiger partial charge in [0.2, 0.25) is 9.84 Å². The summed E-state index contributed by atoms with van der Waals surface area (Å²) in [4.78, 5) is 18.5. The van der Waals surface area contributed by atoms with Crippen molar-refractivity contribution >= 4 is 21.4 Å². The number of nitrogen functional groups attached to an aromatic ring is 1. The standard InChI is InChI=1S/C15H13F4N3O4S/c1-2-26-22-14(23)13-11(20)6-9(7-21-13)27(24,25)12-4-3-8(5-10(12)16)15(17,18)19/h3-7H,2,20H2,1H3,(H,22,23). The monoisotopic (exact) mass is 407 g/mol. The van der Waals surface area contributed by atoms with Gasteiger partial charge in [-0.25, -0.2) is 23.3 Å². The highest BCUT2D eigenvalue weighted by Gasteiger charge is 2.33. The van der Waals surface area contributed by atoms with Crippen LogP contribution < -0.4 is 11.2 Å². The van der Waals surface area contributed by atoms with Crippen molar-refractivity contribution in [1.29, 1.82) is 0 Å². The predicted molar refractivity (Wildman–Crippen MR) is 84.6 cm³/mol. The number of benzene rings is 1. The number of amides is 1. The van der Waals surface area contributed by atoms with Crippen LogP contribution in [-0.2, 0) is 20.9 Å². The lowest BCUT2D eigenvalue weighted by Gasteiger charge is -2.11. The number of hydrogen-bond donors (Lipinski definition) is 2. The second-order valence-corrected chi connectivity index (χ2v) is 7.04. The van der Waals surface area contributed by atoms with Crippen LogP contribution in [0.15, 0.2) is 40.3 Å². The molecule has 1 amide bonds. The van der Waals surface area contributed by atoms with Gasteiger partial charge < -0.3 is 5.73 Å². The molecule has 3 N–H and O–H groups in total. The third kappa shape index (κ3) is 4.34. The van der Waals surface area contributed by atoms with E-state index in [4.69, 9.17) is 5.73 Å². The summed E-state index contributed by atoms with van der Waals surface area (Å²) in [6.45, 7) is 1.76. The van der Waals surface area contributed by atoms with Crippen LogP contribution in [0.3, 0.4) is 0 Å². The number of carbonyl (C=O) groups is 1. The number of nitrogens with zero attached hydrogens (tertiary/aromatic N) is 1. The van der Waals surface area contributed by atoms with E-state index in [1.165, 1.54) is 0 Å². The molecule has 146 valence electrons. The largest absolute Gasteiger partial charge is 0.416 e. The highest BCUT2D eigenvalue weighted by atomic mass is 32.2. The Balaban J connectivity index is 2.43. The average Bonchev–Trinajstić information content (AvgIpc) is 2.58. The number of anilines is 1. The zero-order chi connectivity index (χ0) is 20.4. The Morgan fingerprint density at radius 1 is 1.30 bits per heavy atom. The molecule has 0 saturated heterocycles. The van der Waals surface area contributed by atoms with E-state index in [1.54, 1.807) is 6.92 Å². The maximum atomic E-state index is 14.0. The Bertz CT molecular complexity index is 978. The predicted octanol–water partition coefficient (Wildman–Crippen LogP) is 2.34. The maximum Gasteiger partial charge on any atom is 0.416 e. The molecule has 0 aliphatic rings. The number of aromatic nitrogens is 1. The number of nitrogens with two attached hydrogens (primary N) is 1. The normalized spacial score (nSPS) is 12.0. The van der Waals surface area contributed by atoms with Gasteiger partial charge in [0.1, 0.15) is 10.7 Å². The minimum Gasteiger partial charge on any atom is -0.397 e. The van der Waals surface area contributed by atoms with E-state index in [0.29, 0.717) is 12.1 Å². The minimum atomic E-state index is -4.83. The van der Waals surface area contributed by atoms with E-state index in [9.17, 15) is 30.8 Å². The number of sulfone groups is 1. The zero-order valence-electron chi connectivity index (χ0n) is 13.7. The molecular formula is C15H13F4N3O4S. The highest BCUT2D eigenvalue weighted by molar-refractivity contribution is 7.91. The van der Waals surface area contributed by atoms with E-state index in [0.717, 1.165) is 12.3 Å². The van der Waals surface area contributed by atoms with Crippen LogP contribution in [0.1, 0.15) is 23.0 Å². The molecule has 0 radical (unpaired) electrons. The summed E-state index contributed by atoms with van der Waals surface area (Å²) in [5.41, 5.74) is 5.60. The first kappa shape index (κ1) is 20.6. The van der Waals surface area contributed by atoms with Crippen LogP contribution >= 0.6 is 0 Å². The molecule has 0 atom stereocenters. The van der Waals surface area contributed by atoms with E-state index >= 15 is 0 Å². The van der Waals surface area contributed by atoms with Gasteiger partial charge in [0.15, 0.2) is 5.69 Å². The van der Waals surface area contributed by atoms with Crippen LogP contribution in [-0.4, -0.2) is 25.9 Å². The number of carbonyl (C=O) groups excluding carboxylic acids is 1. The number of nitrogens with one attached hydrogen (secondary N) is 1. The lowest BCUT2D eigenvalue weighted by molar-refractivity contribution is -0.137. The molecule has 0 aliphatic heterocycles. The Hall–Kier alpha value is -2.73. The number of hydroxylamine groups is 1. The first-order valence-electron chi connectivity index (χ1n) is 7.28. The topological polar surface area (TPSA) is 111 Å². The van der Waals surface area contributed by atoms with Gasteiger partial charge in [0.25, 0.3) is 5.91 Å². The number of hydrogen-bond acceptors (Lipinski definition) is 6.